The number of nitrogens with one attached hydrogen (secondary N) is 2. The van der Waals surface area contributed by atoms with Crippen LogP contribution in [0.15, 0.2) is 53.4 Å². The summed E-state index contributed by atoms with van der Waals surface area (Å²) in [4.78, 5) is 24.8. The molecule has 2 aromatic carbocycles. The first-order chi connectivity index (χ1) is 17.5. The molecule has 2 amide bonds. The monoisotopic (exact) mass is 542 g/mol. The highest BCUT2D eigenvalue weighted by molar-refractivity contribution is 7.89. The first kappa shape index (κ1) is 28.3. The molecule has 13 heteroatoms. The molecule has 1 fully saturated rings. The number of esters is 1. The summed E-state index contributed by atoms with van der Waals surface area (Å²) in [7, 11) is -2.50. The summed E-state index contributed by atoms with van der Waals surface area (Å²) in [5, 5.41) is 5.27. The van der Waals surface area contributed by atoms with Crippen LogP contribution < -0.4 is 15.5 Å². The summed E-state index contributed by atoms with van der Waals surface area (Å²) in [5.41, 5.74) is 0.0467. The minimum absolute atomic E-state index is 0.0498. The Balaban J connectivity index is 1.50. The summed E-state index contributed by atoms with van der Waals surface area (Å²) in [6, 6.07) is 10.2. The van der Waals surface area contributed by atoms with Crippen molar-refractivity contribution < 1.29 is 35.9 Å². The average Bonchev–Trinajstić information content (AvgIpc) is 2.88. The van der Waals surface area contributed by atoms with Crippen molar-refractivity contribution in [2.45, 2.75) is 30.3 Å². The van der Waals surface area contributed by atoms with Crippen molar-refractivity contribution >= 4 is 33.4 Å². The molecule has 0 unspecified atom stereocenters. The van der Waals surface area contributed by atoms with Gasteiger partial charge in [-0.2, -0.15) is 17.5 Å². The van der Waals surface area contributed by atoms with Gasteiger partial charge >= 0.3 is 18.2 Å². The zero-order valence-electron chi connectivity index (χ0n) is 20.3. The fourth-order valence-electron chi connectivity index (χ4n) is 3.80. The summed E-state index contributed by atoms with van der Waals surface area (Å²) in [5.74, 6) is -0.308. The van der Waals surface area contributed by atoms with Crippen LogP contribution in [0.2, 0.25) is 0 Å². The Morgan fingerprint density at radius 2 is 1.68 bits per heavy atom. The molecular weight excluding hydrogens is 513 g/mol. The van der Waals surface area contributed by atoms with Crippen LogP contribution in [0.1, 0.15) is 24.8 Å². The summed E-state index contributed by atoms with van der Waals surface area (Å²) in [6.45, 7) is 1.11. The molecule has 0 radical (unpaired) electrons. The Morgan fingerprint density at radius 3 is 2.30 bits per heavy atom. The van der Waals surface area contributed by atoms with Gasteiger partial charge in [-0.3, -0.25) is 4.79 Å². The molecule has 9 nitrogen and oxygen atoms in total. The second kappa shape index (κ2) is 12.3. The van der Waals surface area contributed by atoms with Crippen LogP contribution in [0, 0.1) is 0 Å². The number of carbonyl (C=O) groups is 2. The molecule has 3 rings (SSSR count). The van der Waals surface area contributed by atoms with Gasteiger partial charge in [0.05, 0.1) is 17.6 Å². The maximum Gasteiger partial charge on any atom is 0.416 e. The number of piperazine rings is 1. The molecular formula is C24H29F3N4O5S. The maximum atomic E-state index is 13.0. The zero-order valence-corrected chi connectivity index (χ0v) is 21.1. The SMILES string of the molecule is COC(=O)CCCCNC(=O)Nc1ccc(S(=O)(=O)N2CCN(c3cccc(C(F)(F)F)c3)CC2)cc1. The number of methoxy groups -OCH3 is 1. The number of urea groups is 1. The Labute approximate surface area is 213 Å². The van der Waals surface area contributed by atoms with Gasteiger partial charge < -0.3 is 20.3 Å². The van der Waals surface area contributed by atoms with E-state index >= 15 is 0 Å². The molecule has 2 aromatic rings. The minimum Gasteiger partial charge on any atom is -0.469 e. The number of hydrogen-bond donors (Lipinski definition) is 2. The van der Waals surface area contributed by atoms with E-state index in [-0.39, 0.29) is 43.5 Å². The minimum atomic E-state index is -4.45. The first-order valence-electron chi connectivity index (χ1n) is 11.6. The van der Waals surface area contributed by atoms with E-state index in [0.29, 0.717) is 30.8 Å². The molecule has 0 aliphatic carbocycles. The Hall–Kier alpha value is -3.32. The van der Waals surface area contributed by atoms with Gasteiger partial charge in [0, 0.05) is 50.5 Å². The lowest BCUT2D eigenvalue weighted by Crippen LogP contribution is -2.48. The van der Waals surface area contributed by atoms with E-state index in [1.165, 1.54) is 41.7 Å². The van der Waals surface area contributed by atoms with Gasteiger partial charge in [-0.1, -0.05) is 6.07 Å². The van der Waals surface area contributed by atoms with Crippen molar-refractivity contribution in [1.29, 1.82) is 0 Å². The fourth-order valence-corrected chi connectivity index (χ4v) is 5.22. The number of alkyl halides is 3. The molecule has 0 aromatic heterocycles. The van der Waals surface area contributed by atoms with Gasteiger partial charge in [0.15, 0.2) is 0 Å². The Morgan fingerprint density at radius 1 is 1.00 bits per heavy atom. The first-order valence-corrected chi connectivity index (χ1v) is 13.1. The van der Waals surface area contributed by atoms with E-state index in [1.807, 2.05) is 0 Å². The zero-order chi connectivity index (χ0) is 27.1. The number of nitrogens with zero attached hydrogens (tertiary/aromatic N) is 2. The van der Waals surface area contributed by atoms with Crippen LogP contribution in [-0.4, -0.2) is 64.6 Å². The number of carbonyl (C=O) groups excluding carboxylic acids is 2. The summed E-state index contributed by atoms with van der Waals surface area (Å²) < 4.78 is 71.0. The standard InChI is InChI=1S/C24H29F3N4O5S/c1-36-22(32)7-2-3-12-28-23(33)29-19-8-10-21(11-9-19)37(34,35)31-15-13-30(14-16-31)20-6-4-5-18(17-20)24(25,26)27/h4-6,8-11,17H,2-3,7,12-16H2,1H3,(H2,28,29,33). The van der Waals surface area contributed by atoms with Gasteiger partial charge in [-0.25, -0.2) is 13.2 Å². The number of sulfonamides is 1. The van der Waals surface area contributed by atoms with E-state index in [9.17, 15) is 31.2 Å². The van der Waals surface area contributed by atoms with E-state index in [0.717, 1.165) is 12.1 Å². The van der Waals surface area contributed by atoms with Crippen LogP contribution >= 0.6 is 0 Å². The van der Waals surface area contributed by atoms with Crippen LogP contribution in [-0.2, 0) is 25.7 Å². The Bertz CT molecular complexity index is 1180. The van der Waals surface area contributed by atoms with Gasteiger partial charge in [0.2, 0.25) is 10.0 Å². The van der Waals surface area contributed by atoms with Crippen molar-refractivity contribution in [1.82, 2.24) is 9.62 Å². The van der Waals surface area contributed by atoms with Crippen molar-refractivity contribution in [2.24, 2.45) is 0 Å². The van der Waals surface area contributed by atoms with Crippen molar-refractivity contribution in [3.63, 3.8) is 0 Å². The number of benzene rings is 2. The molecule has 1 saturated heterocycles. The lowest BCUT2D eigenvalue weighted by atomic mass is 10.1. The molecule has 0 bridgehead atoms. The van der Waals surface area contributed by atoms with Crippen molar-refractivity contribution in [3.05, 3.63) is 54.1 Å². The lowest BCUT2D eigenvalue weighted by Gasteiger charge is -2.35. The molecule has 1 aliphatic rings. The summed E-state index contributed by atoms with van der Waals surface area (Å²) in [6.07, 6.45) is -3.00. The fraction of sp³-hybridized carbons (Fsp3) is 0.417. The predicted molar refractivity (Wildman–Crippen MR) is 132 cm³/mol. The molecule has 0 spiro atoms. The lowest BCUT2D eigenvalue weighted by molar-refractivity contribution is -0.140. The topological polar surface area (TPSA) is 108 Å². The number of unbranched alkanes of at least 4 members (excludes halogenated alkanes) is 1. The highest BCUT2D eigenvalue weighted by Gasteiger charge is 2.32. The van der Waals surface area contributed by atoms with Crippen LogP contribution in [0.4, 0.5) is 29.3 Å². The third-order valence-corrected chi connectivity index (χ3v) is 7.76. The van der Waals surface area contributed by atoms with E-state index in [1.54, 1.807) is 11.0 Å². The van der Waals surface area contributed by atoms with Crippen molar-refractivity contribution in [3.8, 4) is 0 Å². The van der Waals surface area contributed by atoms with Gasteiger partial charge in [-0.15, -0.1) is 0 Å². The maximum absolute atomic E-state index is 13.0. The van der Waals surface area contributed by atoms with Crippen LogP contribution in [0.5, 0.6) is 0 Å². The molecule has 0 atom stereocenters. The largest absolute Gasteiger partial charge is 0.469 e. The van der Waals surface area contributed by atoms with Crippen LogP contribution in [0.25, 0.3) is 0 Å². The molecule has 1 aliphatic heterocycles. The number of anilines is 2. The molecule has 202 valence electrons. The van der Waals surface area contributed by atoms with Crippen LogP contribution in [0.3, 0.4) is 0 Å². The van der Waals surface area contributed by atoms with Gasteiger partial charge in [0.1, 0.15) is 0 Å². The van der Waals surface area contributed by atoms with Gasteiger partial charge in [-0.05, 0) is 55.3 Å². The third-order valence-electron chi connectivity index (χ3n) is 5.85. The smallest absolute Gasteiger partial charge is 0.416 e. The number of ether oxygens (including phenoxy) is 1. The molecule has 1 heterocycles. The number of hydrogen-bond acceptors (Lipinski definition) is 6. The van der Waals surface area contributed by atoms with E-state index in [2.05, 4.69) is 15.4 Å². The van der Waals surface area contributed by atoms with Crippen molar-refractivity contribution in [2.75, 3.05) is 50.1 Å². The quantitative estimate of drug-likeness (QED) is 0.370. The predicted octanol–water partition coefficient (Wildman–Crippen LogP) is 3.68. The second-order valence-corrected chi connectivity index (χ2v) is 10.3. The highest BCUT2D eigenvalue weighted by atomic mass is 32.2. The van der Waals surface area contributed by atoms with E-state index < -0.39 is 27.8 Å². The number of halogens is 3. The second-order valence-electron chi connectivity index (χ2n) is 8.38. The summed E-state index contributed by atoms with van der Waals surface area (Å²) >= 11 is 0. The third kappa shape index (κ3) is 7.83. The number of rotatable bonds is 9. The normalized spacial score (nSPS) is 14.8. The van der Waals surface area contributed by atoms with Gasteiger partial charge in [0.25, 0.3) is 0 Å². The molecule has 0 saturated carbocycles. The highest BCUT2D eigenvalue weighted by Crippen LogP contribution is 2.32. The average molecular weight is 543 g/mol. The molecule has 37 heavy (non-hydrogen) atoms. The van der Waals surface area contributed by atoms with E-state index in [4.69, 9.17) is 0 Å². The Kier molecular flexibility index (Phi) is 9.38. The molecule has 2 N–H and O–H groups in total. The number of amides is 2.